The minimum atomic E-state index is -1.07. The Morgan fingerprint density at radius 1 is 1.05 bits per heavy atom. The molecule has 0 aliphatic carbocycles. The Bertz CT molecular complexity index is 269. The molecule has 0 aromatic carbocycles. The quantitative estimate of drug-likeness (QED) is 0.567. The van der Waals surface area contributed by atoms with Crippen LogP contribution in [0.3, 0.4) is 0 Å². The Morgan fingerprint density at radius 3 is 1.95 bits per heavy atom. The highest BCUT2D eigenvalue weighted by molar-refractivity contribution is 5.83. The van der Waals surface area contributed by atoms with Crippen molar-refractivity contribution < 1.29 is 14.7 Å². The van der Waals surface area contributed by atoms with Crippen LogP contribution in [0.2, 0.25) is 0 Å². The molecule has 0 fully saturated rings. The summed E-state index contributed by atoms with van der Waals surface area (Å²) in [5.41, 5.74) is 5.13. The van der Waals surface area contributed by atoms with E-state index in [1.165, 1.54) is 39.0 Å². The molecule has 19 heavy (non-hydrogen) atoms. The fourth-order valence-corrected chi connectivity index (χ4v) is 2.02. The predicted molar refractivity (Wildman–Crippen MR) is 76.0 cm³/mol. The van der Waals surface area contributed by atoms with Gasteiger partial charge >= 0.3 is 6.09 Å². The van der Waals surface area contributed by atoms with E-state index in [4.69, 9.17) is 10.8 Å². The third kappa shape index (κ3) is 8.46. The van der Waals surface area contributed by atoms with Gasteiger partial charge in [0.05, 0.1) is 0 Å². The first-order valence-corrected chi connectivity index (χ1v) is 7.29. The molecule has 5 nitrogen and oxygen atoms in total. The first-order valence-electron chi connectivity index (χ1n) is 7.29. The van der Waals surface area contributed by atoms with Gasteiger partial charge in [-0.15, -0.1) is 0 Å². The maximum Gasteiger partial charge on any atom is 0.407 e. The average Bonchev–Trinajstić information content (AvgIpc) is 2.35. The summed E-state index contributed by atoms with van der Waals surface area (Å²) in [6.07, 6.45) is 8.14. The molecule has 1 atom stereocenters. The summed E-state index contributed by atoms with van der Waals surface area (Å²) >= 11 is 0. The first-order chi connectivity index (χ1) is 9.00. The predicted octanol–water partition coefficient (Wildman–Crippen LogP) is 2.98. The van der Waals surface area contributed by atoms with Crippen LogP contribution in [0.4, 0.5) is 4.79 Å². The van der Waals surface area contributed by atoms with Gasteiger partial charge in [0, 0.05) is 6.54 Å². The average molecular weight is 272 g/mol. The lowest BCUT2D eigenvalue weighted by atomic mass is 10.1. The number of carbonyl (C=O) groups excluding carboxylic acids is 1. The van der Waals surface area contributed by atoms with Crippen LogP contribution in [0.25, 0.3) is 0 Å². The van der Waals surface area contributed by atoms with Gasteiger partial charge in [0.1, 0.15) is 6.04 Å². The molecular weight excluding hydrogens is 244 g/mol. The van der Waals surface area contributed by atoms with Crippen LogP contribution < -0.4 is 5.73 Å². The molecule has 0 bridgehead atoms. The van der Waals surface area contributed by atoms with Crippen molar-refractivity contribution >= 4 is 12.0 Å². The summed E-state index contributed by atoms with van der Waals surface area (Å²) in [5.74, 6) is -0.595. The Hall–Kier alpha value is -1.26. The summed E-state index contributed by atoms with van der Waals surface area (Å²) in [4.78, 5) is 23.1. The number of carbonyl (C=O) groups is 2. The Kier molecular flexibility index (Phi) is 9.94. The topological polar surface area (TPSA) is 83.6 Å². The fraction of sp³-hybridized carbons (Fsp3) is 0.857. The molecule has 5 heteroatoms. The monoisotopic (exact) mass is 272 g/mol. The van der Waals surface area contributed by atoms with E-state index in [1.54, 1.807) is 0 Å². The molecule has 0 aromatic heterocycles. The van der Waals surface area contributed by atoms with Crippen molar-refractivity contribution in [2.75, 3.05) is 6.54 Å². The second-order valence-electron chi connectivity index (χ2n) is 5.03. The fourth-order valence-electron chi connectivity index (χ4n) is 2.02. The van der Waals surface area contributed by atoms with Crippen LogP contribution in [0.5, 0.6) is 0 Å². The third-order valence-electron chi connectivity index (χ3n) is 3.38. The van der Waals surface area contributed by atoms with Gasteiger partial charge in [0.25, 0.3) is 0 Å². The van der Waals surface area contributed by atoms with E-state index >= 15 is 0 Å². The highest BCUT2D eigenvalue weighted by Gasteiger charge is 2.22. The van der Waals surface area contributed by atoms with E-state index in [2.05, 4.69) is 6.92 Å². The van der Waals surface area contributed by atoms with Gasteiger partial charge in [0.15, 0.2) is 0 Å². The molecule has 2 amide bonds. The molecule has 1 unspecified atom stereocenters. The molecule has 0 saturated carbocycles. The minimum Gasteiger partial charge on any atom is -0.465 e. The summed E-state index contributed by atoms with van der Waals surface area (Å²) in [6.45, 7) is 4.11. The Labute approximate surface area is 116 Å². The van der Waals surface area contributed by atoms with E-state index < -0.39 is 18.0 Å². The SMILES string of the molecule is CCCCCCCCCCN(C(=O)O)C(C)C(N)=O. The highest BCUT2D eigenvalue weighted by Crippen LogP contribution is 2.10. The normalized spacial score (nSPS) is 12.1. The summed E-state index contributed by atoms with van der Waals surface area (Å²) < 4.78 is 0. The molecule has 0 rings (SSSR count). The van der Waals surface area contributed by atoms with Crippen molar-refractivity contribution in [3.63, 3.8) is 0 Å². The third-order valence-corrected chi connectivity index (χ3v) is 3.38. The van der Waals surface area contributed by atoms with Crippen LogP contribution in [0.15, 0.2) is 0 Å². The van der Waals surface area contributed by atoms with E-state index in [0.717, 1.165) is 24.2 Å². The molecule has 0 heterocycles. The molecule has 0 aliphatic heterocycles. The zero-order chi connectivity index (χ0) is 14.7. The summed E-state index contributed by atoms with van der Waals surface area (Å²) in [7, 11) is 0. The lowest BCUT2D eigenvalue weighted by Gasteiger charge is -2.23. The van der Waals surface area contributed by atoms with Crippen molar-refractivity contribution in [1.29, 1.82) is 0 Å². The minimum absolute atomic E-state index is 0.383. The number of nitrogens with two attached hydrogens (primary N) is 1. The zero-order valence-electron chi connectivity index (χ0n) is 12.2. The number of carboxylic acid groups (broad SMARTS) is 1. The van der Waals surface area contributed by atoms with Crippen molar-refractivity contribution in [1.82, 2.24) is 4.90 Å². The number of nitrogens with zero attached hydrogens (tertiary/aromatic N) is 1. The van der Waals surface area contributed by atoms with E-state index in [0.29, 0.717) is 6.54 Å². The first kappa shape index (κ1) is 17.7. The smallest absolute Gasteiger partial charge is 0.407 e. The number of primary amides is 1. The summed E-state index contributed by atoms with van der Waals surface area (Å²) in [6, 6.07) is -0.748. The van der Waals surface area contributed by atoms with Gasteiger partial charge in [-0.25, -0.2) is 4.79 Å². The van der Waals surface area contributed by atoms with Crippen LogP contribution in [-0.4, -0.2) is 34.6 Å². The van der Waals surface area contributed by atoms with Crippen LogP contribution in [0.1, 0.15) is 65.2 Å². The number of hydrogen-bond acceptors (Lipinski definition) is 2. The van der Waals surface area contributed by atoms with Crippen molar-refractivity contribution in [2.24, 2.45) is 5.73 Å². The van der Waals surface area contributed by atoms with Crippen LogP contribution in [-0.2, 0) is 4.79 Å². The van der Waals surface area contributed by atoms with Gasteiger partial charge in [0.2, 0.25) is 5.91 Å². The molecular formula is C14H28N2O3. The van der Waals surface area contributed by atoms with Gasteiger partial charge in [-0.1, -0.05) is 51.9 Å². The molecule has 0 aliphatic rings. The second-order valence-corrected chi connectivity index (χ2v) is 5.03. The van der Waals surface area contributed by atoms with E-state index in [9.17, 15) is 9.59 Å². The zero-order valence-corrected chi connectivity index (χ0v) is 12.2. The lowest BCUT2D eigenvalue weighted by Crippen LogP contribution is -2.45. The van der Waals surface area contributed by atoms with Crippen LogP contribution >= 0.6 is 0 Å². The molecule has 0 radical (unpaired) electrons. The van der Waals surface area contributed by atoms with Crippen molar-refractivity contribution in [2.45, 2.75) is 71.3 Å². The van der Waals surface area contributed by atoms with Crippen molar-refractivity contribution in [3.05, 3.63) is 0 Å². The maximum atomic E-state index is 11.0. The highest BCUT2D eigenvalue weighted by atomic mass is 16.4. The molecule has 3 N–H and O–H groups in total. The van der Waals surface area contributed by atoms with E-state index in [-0.39, 0.29) is 0 Å². The Morgan fingerprint density at radius 2 is 1.53 bits per heavy atom. The van der Waals surface area contributed by atoms with Gasteiger partial charge in [-0.05, 0) is 13.3 Å². The summed E-state index contributed by atoms with van der Waals surface area (Å²) in [5, 5.41) is 9.01. The van der Waals surface area contributed by atoms with E-state index in [1.807, 2.05) is 0 Å². The lowest BCUT2D eigenvalue weighted by molar-refractivity contribution is -0.122. The molecule has 112 valence electrons. The van der Waals surface area contributed by atoms with Gasteiger partial charge < -0.3 is 10.8 Å². The van der Waals surface area contributed by atoms with Gasteiger partial charge in [-0.2, -0.15) is 0 Å². The number of amides is 2. The molecule has 0 spiro atoms. The largest absolute Gasteiger partial charge is 0.465 e. The second kappa shape index (κ2) is 10.6. The maximum absolute atomic E-state index is 11.0. The standard InChI is InChI=1S/C14H28N2O3/c1-3-4-5-6-7-8-9-10-11-16(14(18)19)12(2)13(15)17/h12H,3-11H2,1-2H3,(H2,15,17)(H,18,19). The van der Waals surface area contributed by atoms with Gasteiger partial charge in [-0.3, -0.25) is 9.69 Å². The number of unbranched alkanes of at least 4 members (excludes halogenated alkanes) is 7. The van der Waals surface area contributed by atoms with Crippen molar-refractivity contribution in [3.8, 4) is 0 Å². The molecule has 0 aromatic rings. The number of rotatable bonds is 11. The molecule has 0 saturated heterocycles. The van der Waals surface area contributed by atoms with Crippen LogP contribution in [0, 0.1) is 0 Å². The Balaban J connectivity index is 3.71. The number of hydrogen-bond donors (Lipinski definition) is 2.